The zero-order valence-electron chi connectivity index (χ0n) is 19.2. The quantitative estimate of drug-likeness (QED) is 0.455. The number of carboxylic acid groups (broad SMARTS) is 1. The molecule has 1 aliphatic carbocycles. The fourth-order valence-corrected chi connectivity index (χ4v) is 5.61. The summed E-state index contributed by atoms with van der Waals surface area (Å²) in [4.78, 5) is 11.5. The van der Waals surface area contributed by atoms with Crippen LogP contribution in [0, 0.1) is 10.8 Å². The average Bonchev–Trinajstić information content (AvgIpc) is 3.18. The average molecular weight is 430 g/mol. The number of allylic oxidation sites excluding steroid dienone is 1. The first-order valence-corrected chi connectivity index (χ1v) is 11.1. The summed E-state index contributed by atoms with van der Waals surface area (Å²) < 4.78 is 1.24. The van der Waals surface area contributed by atoms with Crippen molar-refractivity contribution in [3.8, 4) is 17.0 Å². The summed E-state index contributed by atoms with van der Waals surface area (Å²) in [5.74, 6) is 0.257. The molecule has 0 saturated heterocycles. The van der Waals surface area contributed by atoms with E-state index >= 15 is 0 Å². The van der Waals surface area contributed by atoms with Crippen molar-refractivity contribution >= 4 is 11.7 Å². The van der Waals surface area contributed by atoms with Crippen LogP contribution in [0.5, 0.6) is 5.75 Å². The summed E-state index contributed by atoms with van der Waals surface area (Å²) >= 11 is 0. The third-order valence-corrected chi connectivity index (χ3v) is 6.27. The van der Waals surface area contributed by atoms with Crippen molar-refractivity contribution in [3.63, 3.8) is 0 Å². The predicted octanol–water partition coefficient (Wildman–Crippen LogP) is 7.43. The highest BCUT2D eigenvalue weighted by Gasteiger charge is 2.37. The molecule has 166 valence electrons. The second-order valence-corrected chi connectivity index (χ2v) is 10.5. The first-order chi connectivity index (χ1) is 15.0. The number of aromatic nitrogens is 1. The van der Waals surface area contributed by atoms with E-state index in [-0.39, 0.29) is 16.6 Å². The molecule has 2 aromatic carbocycles. The van der Waals surface area contributed by atoms with E-state index in [9.17, 15) is 15.0 Å². The van der Waals surface area contributed by atoms with E-state index in [1.807, 2.05) is 30.3 Å². The minimum atomic E-state index is -0.993. The molecule has 32 heavy (non-hydrogen) atoms. The molecule has 1 aliphatic rings. The Hall–Kier alpha value is -3.27. The van der Waals surface area contributed by atoms with Crippen LogP contribution in [0.25, 0.3) is 16.8 Å². The fraction of sp³-hybridized carbons (Fsp3) is 0.321. The normalized spacial score (nSPS) is 17.2. The van der Waals surface area contributed by atoms with Crippen molar-refractivity contribution < 1.29 is 15.0 Å². The summed E-state index contributed by atoms with van der Waals surface area (Å²) in [6.45, 7) is 9.36. The molecule has 0 bridgehead atoms. The van der Waals surface area contributed by atoms with Gasteiger partial charge in [-0.1, -0.05) is 69.7 Å². The summed E-state index contributed by atoms with van der Waals surface area (Å²) in [5.41, 5.74) is 6.78. The van der Waals surface area contributed by atoms with Crippen molar-refractivity contribution in [2.24, 2.45) is 10.8 Å². The lowest BCUT2D eigenvalue weighted by molar-refractivity contribution is 0.154. The van der Waals surface area contributed by atoms with Gasteiger partial charge in [-0.15, -0.1) is 0 Å². The predicted molar refractivity (Wildman–Crippen MR) is 129 cm³/mol. The third-order valence-electron chi connectivity index (χ3n) is 6.27. The van der Waals surface area contributed by atoms with Gasteiger partial charge in [-0.25, -0.2) is 4.79 Å². The number of carbonyl (C=O) groups is 1. The molecule has 1 saturated carbocycles. The molecule has 1 fully saturated rings. The molecule has 4 nitrogen and oxygen atoms in total. The minimum absolute atomic E-state index is 0.210. The van der Waals surface area contributed by atoms with Crippen LogP contribution in [0.4, 0.5) is 4.79 Å². The highest BCUT2D eigenvalue weighted by atomic mass is 16.4. The van der Waals surface area contributed by atoms with Crippen LogP contribution in [0.1, 0.15) is 58.1 Å². The van der Waals surface area contributed by atoms with Crippen LogP contribution in [0.3, 0.4) is 0 Å². The Balaban J connectivity index is 1.83. The molecule has 2 N–H and O–H groups in total. The van der Waals surface area contributed by atoms with Crippen LogP contribution < -0.4 is 0 Å². The molecule has 0 radical (unpaired) electrons. The maximum atomic E-state index is 11.5. The lowest BCUT2D eigenvalue weighted by Crippen LogP contribution is -2.30. The zero-order chi connectivity index (χ0) is 23.1. The topological polar surface area (TPSA) is 62.5 Å². The SMILES string of the molecule is CC1(C)CC(=C(c2ccc(O)cc2)c2ccc(-c3cccn3C(=O)O)cc2)CC(C)(C)C1. The van der Waals surface area contributed by atoms with E-state index in [0.29, 0.717) is 5.69 Å². The highest BCUT2D eigenvalue weighted by molar-refractivity contribution is 5.84. The van der Waals surface area contributed by atoms with Gasteiger partial charge in [0.15, 0.2) is 0 Å². The molecule has 0 atom stereocenters. The Bertz CT molecular complexity index is 1140. The van der Waals surface area contributed by atoms with Gasteiger partial charge in [0.2, 0.25) is 0 Å². The lowest BCUT2D eigenvalue weighted by atomic mass is 9.62. The second kappa shape index (κ2) is 8.01. The molecular formula is C28H31NO3. The largest absolute Gasteiger partial charge is 0.508 e. The first-order valence-electron chi connectivity index (χ1n) is 11.1. The molecule has 4 heteroatoms. The van der Waals surface area contributed by atoms with Gasteiger partial charge in [0.05, 0.1) is 5.69 Å². The summed E-state index contributed by atoms with van der Waals surface area (Å²) in [6.07, 6.45) is 3.79. The van der Waals surface area contributed by atoms with Crippen LogP contribution in [-0.4, -0.2) is 20.9 Å². The van der Waals surface area contributed by atoms with E-state index in [4.69, 9.17) is 0 Å². The van der Waals surface area contributed by atoms with Gasteiger partial charge in [0, 0.05) is 6.20 Å². The van der Waals surface area contributed by atoms with Crippen molar-refractivity contribution in [1.82, 2.24) is 4.57 Å². The van der Waals surface area contributed by atoms with Crippen molar-refractivity contribution in [3.05, 3.63) is 83.6 Å². The molecule has 0 amide bonds. The van der Waals surface area contributed by atoms with Gasteiger partial charge in [-0.3, -0.25) is 4.57 Å². The lowest BCUT2D eigenvalue weighted by Gasteiger charge is -2.43. The van der Waals surface area contributed by atoms with Crippen molar-refractivity contribution in [2.45, 2.75) is 47.0 Å². The molecule has 0 unspecified atom stereocenters. The molecule has 4 rings (SSSR count). The van der Waals surface area contributed by atoms with Gasteiger partial charge < -0.3 is 10.2 Å². The highest BCUT2D eigenvalue weighted by Crippen LogP contribution is 2.51. The summed E-state index contributed by atoms with van der Waals surface area (Å²) in [6, 6.07) is 19.1. The number of hydrogen-bond donors (Lipinski definition) is 2. The van der Waals surface area contributed by atoms with Crippen molar-refractivity contribution in [1.29, 1.82) is 0 Å². The number of phenolic OH excluding ortho intramolecular Hbond substituents is 1. The molecule has 3 aromatic rings. The van der Waals surface area contributed by atoms with E-state index in [2.05, 4.69) is 39.8 Å². The molecule has 1 heterocycles. The molecular weight excluding hydrogens is 398 g/mol. The Kier molecular flexibility index (Phi) is 5.49. The number of nitrogens with zero attached hydrogens (tertiary/aromatic N) is 1. The van der Waals surface area contributed by atoms with Gasteiger partial charge in [0.25, 0.3) is 0 Å². The fourth-order valence-electron chi connectivity index (χ4n) is 5.61. The van der Waals surface area contributed by atoms with Gasteiger partial charge in [0.1, 0.15) is 5.75 Å². The van der Waals surface area contributed by atoms with E-state index in [1.54, 1.807) is 24.4 Å². The Morgan fingerprint density at radius 2 is 1.38 bits per heavy atom. The smallest absolute Gasteiger partial charge is 0.415 e. The third kappa shape index (κ3) is 4.50. The Morgan fingerprint density at radius 3 is 1.91 bits per heavy atom. The number of rotatable bonds is 3. The number of phenols is 1. The number of aromatic hydroxyl groups is 1. The monoisotopic (exact) mass is 429 g/mol. The van der Waals surface area contributed by atoms with Gasteiger partial charge in [-0.2, -0.15) is 0 Å². The maximum Gasteiger partial charge on any atom is 0.415 e. The van der Waals surface area contributed by atoms with Gasteiger partial charge >= 0.3 is 6.09 Å². The van der Waals surface area contributed by atoms with Gasteiger partial charge in [-0.05, 0) is 76.6 Å². The first kappa shape index (κ1) is 21.9. The molecule has 0 aliphatic heterocycles. The summed E-state index contributed by atoms with van der Waals surface area (Å²) in [5, 5.41) is 19.3. The standard InChI is InChI=1S/C28H31NO3/c1-27(2)16-22(17-28(3,4)18-27)25(21-11-13-23(30)14-12-21)20-9-7-19(8-10-20)24-6-5-15-29(24)26(31)32/h5-15,30H,16-18H2,1-4H3,(H,31,32). The van der Waals surface area contributed by atoms with E-state index < -0.39 is 6.09 Å². The zero-order valence-corrected chi connectivity index (χ0v) is 19.2. The van der Waals surface area contributed by atoms with Crippen molar-refractivity contribution in [2.75, 3.05) is 0 Å². The maximum absolute atomic E-state index is 11.5. The second-order valence-electron chi connectivity index (χ2n) is 10.5. The molecule has 0 spiro atoms. The van der Waals surface area contributed by atoms with E-state index in [1.165, 1.54) is 22.1 Å². The van der Waals surface area contributed by atoms with Crippen LogP contribution in [0.2, 0.25) is 0 Å². The minimum Gasteiger partial charge on any atom is -0.508 e. The molecule has 1 aromatic heterocycles. The summed E-state index contributed by atoms with van der Waals surface area (Å²) in [7, 11) is 0. The Labute approximate surface area is 189 Å². The Morgan fingerprint density at radius 1 is 0.844 bits per heavy atom. The number of benzene rings is 2. The van der Waals surface area contributed by atoms with Crippen LogP contribution in [0.15, 0.2) is 72.4 Å². The van der Waals surface area contributed by atoms with Crippen LogP contribution in [-0.2, 0) is 0 Å². The van der Waals surface area contributed by atoms with Crippen LogP contribution >= 0.6 is 0 Å². The van der Waals surface area contributed by atoms with E-state index in [0.717, 1.165) is 29.5 Å². The number of hydrogen-bond acceptors (Lipinski definition) is 2.